The van der Waals surface area contributed by atoms with Crippen LogP contribution in [0.1, 0.15) is 15.9 Å². The van der Waals surface area contributed by atoms with Crippen LogP contribution in [0.4, 0.5) is 0 Å². The van der Waals surface area contributed by atoms with Crippen molar-refractivity contribution in [2.75, 3.05) is 0 Å². The van der Waals surface area contributed by atoms with Gasteiger partial charge in [-0.2, -0.15) is 10.4 Å². The van der Waals surface area contributed by atoms with Gasteiger partial charge in [-0.1, -0.05) is 30.3 Å². The lowest BCUT2D eigenvalue weighted by molar-refractivity contribution is 0.0697. The summed E-state index contributed by atoms with van der Waals surface area (Å²) in [5.41, 5.74) is 7.60. The van der Waals surface area contributed by atoms with Crippen LogP contribution in [0, 0.1) is 11.3 Å². The van der Waals surface area contributed by atoms with Crippen molar-refractivity contribution in [2.24, 2.45) is 5.73 Å². The summed E-state index contributed by atoms with van der Waals surface area (Å²) in [7, 11) is 0. The third-order valence-corrected chi connectivity index (χ3v) is 3.02. The molecule has 1 aromatic carbocycles. The molecule has 1 aromatic heterocycles. The standard InChI is InChI=1S/C16H14N4O2/c17-8-13(15(9-18)12-4-2-1-3-5-12)6-7-20-11-14(10-19-20)16(21)22/h1-6,9-11H,7,18H2,(H,21,22)/b13-6-,15-9-. The van der Waals surface area contributed by atoms with Crippen LogP contribution >= 0.6 is 0 Å². The largest absolute Gasteiger partial charge is 0.478 e. The van der Waals surface area contributed by atoms with Gasteiger partial charge in [0.2, 0.25) is 0 Å². The van der Waals surface area contributed by atoms with Gasteiger partial charge in [-0.15, -0.1) is 0 Å². The molecule has 0 aliphatic rings. The second-order valence-electron chi connectivity index (χ2n) is 4.43. The molecule has 0 fully saturated rings. The molecule has 0 amide bonds. The predicted molar refractivity (Wildman–Crippen MR) is 81.5 cm³/mol. The van der Waals surface area contributed by atoms with Crippen molar-refractivity contribution in [3.8, 4) is 6.07 Å². The van der Waals surface area contributed by atoms with E-state index in [1.54, 1.807) is 6.08 Å². The Kier molecular flexibility index (Phi) is 4.73. The SMILES string of the molecule is N#CC(=C/Cn1cc(C(=O)O)cn1)/C(=C\N)c1ccccc1. The molecule has 22 heavy (non-hydrogen) atoms. The van der Waals surface area contributed by atoms with Crippen LogP contribution in [0.15, 0.2) is 60.6 Å². The predicted octanol–water partition coefficient (Wildman–Crippen LogP) is 2.03. The molecule has 1 heterocycles. The molecule has 0 saturated carbocycles. The van der Waals surface area contributed by atoms with Crippen molar-refractivity contribution < 1.29 is 9.90 Å². The molecule has 3 N–H and O–H groups in total. The van der Waals surface area contributed by atoms with E-state index in [9.17, 15) is 10.1 Å². The third kappa shape index (κ3) is 3.41. The fourth-order valence-electron chi connectivity index (χ4n) is 1.93. The fourth-order valence-corrected chi connectivity index (χ4v) is 1.93. The summed E-state index contributed by atoms with van der Waals surface area (Å²) in [5, 5.41) is 22.1. The smallest absolute Gasteiger partial charge is 0.338 e. The first kappa shape index (κ1) is 15.1. The maximum Gasteiger partial charge on any atom is 0.338 e. The molecule has 0 aliphatic heterocycles. The quantitative estimate of drug-likeness (QED) is 0.648. The molecule has 6 nitrogen and oxygen atoms in total. The molecule has 0 atom stereocenters. The number of aromatic nitrogens is 2. The van der Waals surface area contributed by atoms with Crippen LogP contribution in [0.5, 0.6) is 0 Å². The summed E-state index contributed by atoms with van der Waals surface area (Å²) < 4.78 is 1.44. The molecule has 0 aliphatic carbocycles. The summed E-state index contributed by atoms with van der Waals surface area (Å²) in [5.74, 6) is -1.04. The van der Waals surface area contributed by atoms with E-state index < -0.39 is 5.97 Å². The number of nitrogens with zero attached hydrogens (tertiary/aromatic N) is 3. The second-order valence-corrected chi connectivity index (χ2v) is 4.43. The first-order valence-electron chi connectivity index (χ1n) is 6.49. The third-order valence-electron chi connectivity index (χ3n) is 3.02. The topological polar surface area (TPSA) is 105 Å². The van der Waals surface area contributed by atoms with Crippen LogP contribution < -0.4 is 5.73 Å². The van der Waals surface area contributed by atoms with Gasteiger partial charge in [0.05, 0.1) is 29.9 Å². The van der Waals surface area contributed by atoms with E-state index in [1.807, 2.05) is 30.3 Å². The Bertz CT molecular complexity index is 767. The number of carboxylic acids is 1. The van der Waals surface area contributed by atoms with Gasteiger partial charge in [-0.3, -0.25) is 4.68 Å². The number of hydrogen-bond donors (Lipinski definition) is 2. The average molecular weight is 294 g/mol. The normalized spacial score (nSPS) is 12.0. The lowest BCUT2D eigenvalue weighted by Gasteiger charge is -2.05. The maximum atomic E-state index is 10.8. The lowest BCUT2D eigenvalue weighted by atomic mass is 9.99. The molecular formula is C16H14N4O2. The van der Waals surface area contributed by atoms with Crippen molar-refractivity contribution in [1.29, 1.82) is 5.26 Å². The Labute approximate surface area is 127 Å². The van der Waals surface area contributed by atoms with Crippen molar-refractivity contribution in [2.45, 2.75) is 6.54 Å². The first-order valence-corrected chi connectivity index (χ1v) is 6.49. The van der Waals surface area contributed by atoms with Gasteiger partial charge >= 0.3 is 5.97 Å². The summed E-state index contributed by atoms with van der Waals surface area (Å²) in [4.78, 5) is 10.8. The molecule has 0 radical (unpaired) electrons. The van der Waals surface area contributed by atoms with Gasteiger partial charge in [0.15, 0.2) is 0 Å². The zero-order chi connectivity index (χ0) is 15.9. The monoisotopic (exact) mass is 294 g/mol. The lowest BCUT2D eigenvalue weighted by Crippen LogP contribution is -1.99. The van der Waals surface area contributed by atoms with Gasteiger partial charge < -0.3 is 10.8 Å². The Balaban J connectivity index is 2.23. The minimum absolute atomic E-state index is 0.101. The van der Waals surface area contributed by atoms with Gasteiger partial charge in [-0.05, 0) is 11.6 Å². The minimum Gasteiger partial charge on any atom is -0.478 e. The van der Waals surface area contributed by atoms with Gasteiger partial charge in [0.1, 0.15) is 0 Å². The van der Waals surface area contributed by atoms with Crippen LogP contribution in [0.2, 0.25) is 0 Å². The number of nitriles is 1. The number of nitrogens with two attached hydrogens (primary N) is 1. The summed E-state index contributed by atoms with van der Waals surface area (Å²) in [6.45, 7) is 0.278. The van der Waals surface area contributed by atoms with Crippen LogP contribution in [0.3, 0.4) is 0 Å². The molecule has 6 heteroatoms. The average Bonchev–Trinajstić information content (AvgIpc) is 3.01. The van der Waals surface area contributed by atoms with Crippen molar-refractivity contribution in [3.05, 3.63) is 71.7 Å². The fraction of sp³-hybridized carbons (Fsp3) is 0.0625. The van der Waals surface area contributed by atoms with Crippen LogP contribution in [-0.2, 0) is 6.54 Å². The van der Waals surface area contributed by atoms with Crippen molar-refractivity contribution in [1.82, 2.24) is 9.78 Å². The second kappa shape index (κ2) is 6.90. The Morgan fingerprint density at radius 2 is 2.09 bits per heavy atom. The van der Waals surface area contributed by atoms with Gasteiger partial charge in [-0.25, -0.2) is 4.79 Å². The van der Waals surface area contributed by atoms with E-state index >= 15 is 0 Å². The van der Waals surface area contributed by atoms with E-state index in [4.69, 9.17) is 10.8 Å². The number of carboxylic acid groups (broad SMARTS) is 1. The highest BCUT2D eigenvalue weighted by Crippen LogP contribution is 2.21. The number of allylic oxidation sites excluding steroid dienone is 3. The zero-order valence-corrected chi connectivity index (χ0v) is 11.7. The molecule has 2 aromatic rings. The number of rotatable bonds is 5. The summed E-state index contributed by atoms with van der Waals surface area (Å²) in [6, 6.07) is 11.4. The number of hydrogen-bond acceptors (Lipinski definition) is 4. The Morgan fingerprint density at radius 1 is 1.36 bits per heavy atom. The Hall–Kier alpha value is -3.33. The van der Waals surface area contributed by atoms with Crippen LogP contribution in [-0.4, -0.2) is 20.9 Å². The van der Waals surface area contributed by atoms with Crippen LogP contribution in [0.25, 0.3) is 5.57 Å². The highest BCUT2D eigenvalue weighted by molar-refractivity contribution is 5.86. The summed E-state index contributed by atoms with van der Waals surface area (Å²) in [6.07, 6.45) is 5.71. The zero-order valence-electron chi connectivity index (χ0n) is 11.7. The van der Waals surface area contributed by atoms with E-state index in [0.717, 1.165) is 5.56 Å². The summed E-state index contributed by atoms with van der Waals surface area (Å²) >= 11 is 0. The number of benzene rings is 1. The molecule has 0 unspecified atom stereocenters. The highest BCUT2D eigenvalue weighted by Gasteiger charge is 2.08. The molecule has 0 spiro atoms. The van der Waals surface area contributed by atoms with E-state index in [0.29, 0.717) is 11.1 Å². The molecule has 0 saturated heterocycles. The van der Waals surface area contributed by atoms with E-state index in [-0.39, 0.29) is 12.1 Å². The van der Waals surface area contributed by atoms with Crippen molar-refractivity contribution in [3.63, 3.8) is 0 Å². The molecular weight excluding hydrogens is 280 g/mol. The number of aromatic carboxylic acids is 1. The molecule has 110 valence electrons. The maximum absolute atomic E-state index is 10.8. The number of carbonyl (C=O) groups is 1. The van der Waals surface area contributed by atoms with E-state index in [1.165, 1.54) is 23.3 Å². The Morgan fingerprint density at radius 3 is 2.64 bits per heavy atom. The highest BCUT2D eigenvalue weighted by atomic mass is 16.4. The van der Waals surface area contributed by atoms with E-state index in [2.05, 4.69) is 11.2 Å². The molecule has 2 rings (SSSR count). The first-order chi connectivity index (χ1) is 10.7. The van der Waals surface area contributed by atoms with Crippen molar-refractivity contribution >= 4 is 11.5 Å². The van der Waals surface area contributed by atoms with Gasteiger partial charge in [0, 0.05) is 18.0 Å². The molecule has 0 bridgehead atoms. The van der Waals surface area contributed by atoms with Gasteiger partial charge in [0.25, 0.3) is 0 Å². The minimum atomic E-state index is -1.04.